The molecule has 2 aromatic heterocycles. The maximum Gasteiger partial charge on any atom is 0.300 e. The second-order valence-corrected chi connectivity index (χ2v) is 12.4. The summed E-state index contributed by atoms with van der Waals surface area (Å²) in [6.45, 7) is 1.71. The number of nitrogens with zero attached hydrogens (tertiary/aromatic N) is 5. The van der Waals surface area contributed by atoms with E-state index in [4.69, 9.17) is 31.2 Å². The fourth-order valence-corrected chi connectivity index (χ4v) is 6.84. The number of benzene rings is 2. The first-order chi connectivity index (χ1) is 21.4. The second kappa shape index (κ2) is 12.4. The lowest BCUT2D eigenvalue weighted by Crippen LogP contribution is -2.43. The lowest BCUT2D eigenvalue weighted by atomic mass is 9.82. The van der Waals surface area contributed by atoms with E-state index in [0.717, 1.165) is 36.5 Å². The zero-order valence-corrected chi connectivity index (χ0v) is 26.1. The number of carboxylic acids is 1. The molecule has 1 amide bonds. The summed E-state index contributed by atoms with van der Waals surface area (Å²) in [5, 5.41) is 24.2. The third-order valence-electron chi connectivity index (χ3n) is 8.92. The Hall–Kier alpha value is -4.55. The number of aliphatic hydroxyl groups is 1. The first kappa shape index (κ1) is 31.9. The van der Waals surface area contributed by atoms with E-state index in [2.05, 4.69) is 9.97 Å². The summed E-state index contributed by atoms with van der Waals surface area (Å²) >= 11 is 0. The van der Waals surface area contributed by atoms with Crippen molar-refractivity contribution in [3.63, 3.8) is 0 Å². The number of rotatable bonds is 8. The molecule has 0 aliphatic heterocycles. The van der Waals surface area contributed by atoms with Gasteiger partial charge in [0, 0.05) is 30.5 Å². The minimum atomic E-state index is -0.833. The van der Waals surface area contributed by atoms with Crippen molar-refractivity contribution in [1.82, 2.24) is 24.6 Å². The van der Waals surface area contributed by atoms with E-state index in [1.807, 2.05) is 72.2 Å². The maximum absolute atomic E-state index is 12.9. The molecule has 2 aliphatic rings. The number of amides is 1. The monoisotopic (exact) mass is 615 g/mol. The van der Waals surface area contributed by atoms with Crippen LogP contribution in [0.1, 0.15) is 62.1 Å². The van der Waals surface area contributed by atoms with E-state index in [1.54, 1.807) is 7.11 Å². The van der Waals surface area contributed by atoms with Crippen LogP contribution in [0.4, 0.5) is 5.82 Å². The van der Waals surface area contributed by atoms with E-state index in [-0.39, 0.29) is 17.9 Å². The van der Waals surface area contributed by atoms with Crippen LogP contribution < -0.4 is 16.2 Å². The predicted molar refractivity (Wildman–Crippen MR) is 171 cm³/mol. The number of carbonyl (C=O) groups excluding carboxylic acids is 1. The molecule has 12 heteroatoms. The van der Waals surface area contributed by atoms with Gasteiger partial charge in [-0.2, -0.15) is 5.10 Å². The molecule has 2 aromatic carbocycles. The van der Waals surface area contributed by atoms with Gasteiger partial charge in [0.1, 0.15) is 23.6 Å². The van der Waals surface area contributed by atoms with Crippen LogP contribution in [0, 0.1) is 0 Å². The highest BCUT2D eigenvalue weighted by atomic mass is 16.5. The minimum absolute atomic E-state index is 0.0116. The number of hydrogen-bond acceptors (Lipinski definition) is 9. The molecule has 4 aromatic rings. The van der Waals surface area contributed by atoms with Crippen LogP contribution in [0.3, 0.4) is 0 Å². The Morgan fingerprint density at radius 2 is 1.78 bits per heavy atom. The molecule has 0 saturated heterocycles. The molecule has 0 radical (unpaired) electrons. The average molecular weight is 616 g/mol. The van der Waals surface area contributed by atoms with Crippen LogP contribution in [0.25, 0.3) is 22.3 Å². The van der Waals surface area contributed by atoms with Gasteiger partial charge in [0.05, 0.1) is 29.6 Å². The Labute approximate surface area is 262 Å². The summed E-state index contributed by atoms with van der Waals surface area (Å²) in [5.41, 5.74) is 14.8. The SMILES string of the molecule is CC(=O)O.COc1cc(-c2nn(C3CCC(O)(CN(C)C)CC3)c3ncnc(N)c23)ccc1C1(C(N)=O)CC1c1ccccc1. The van der Waals surface area contributed by atoms with Crippen molar-refractivity contribution < 1.29 is 24.5 Å². The number of likely N-dealkylation sites (N-methyl/N-ethyl adjacent to an activating group) is 1. The molecular formula is C33H41N7O5. The number of hydrogen-bond donors (Lipinski definition) is 4. The number of methoxy groups -OCH3 is 1. The summed E-state index contributed by atoms with van der Waals surface area (Å²) in [7, 11) is 5.56. The van der Waals surface area contributed by atoms with Gasteiger partial charge in [0.25, 0.3) is 5.97 Å². The Bertz CT molecular complexity index is 1690. The van der Waals surface area contributed by atoms with Gasteiger partial charge in [-0.05, 0) is 57.8 Å². The Kier molecular flexibility index (Phi) is 8.81. The number of nitrogen functional groups attached to an aromatic ring is 1. The van der Waals surface area contributed by atoms with Crippen molar-refractivity contribution >= 4 is 28.7 Å². The summed E-state index contributed by atoms with van der Waals surface area (Å²) in [5.74, 6) is -0.290. The fraction of sp³-hybridized carbons (Fsp3) is 0.424. The van der Waals surface area contributed by atoms with Crippen LogP contribution in [0.5, 0.6) is 5.75 Å². The number of carboxylic acid groups (broad SMARTS) is 1. The molecular weight excluding hydrogens is 574 g/mol. The molecule has 0 bridgehead atoms. The largest absolute Gasteiger partial charge is 0.496 e. The van der Waals surface area contributed by atoms with Gasteiger partial charge in [-0.1, -0.05) is 42.5 Å². The summed E-state index contributed by atoms with van der Waals surface area (Å²) in [4.78, 5) is 32.7. The summed E-state index contributed by atoms with van der Waals surface area (Å²) < 4.78 is 7.79. The Morgan fingerprint density at radius 1 is 1.11 bits per heavy atom. The van der Waals surface area contributed by atoms with Gasteiger partial charge in [-0.3, -0.25) is 9.59 Å². The highest BCUT2D eigenvalue weighted by Crippen LogP contribution is 2.62. The van der Waals surface area contributed by atoms with E-state index < -0.39 is 17.0 Å². The van der Waals surface area contributed by atoms with Crippen LogP contribution in [0.15, 0.2) is 54.9 Å². The Morgan fingerprint density at radius 3 is 2.38 bits per heavy atom. The van der Waals surface area contributed by atoms with Crippen molar-refractivity contribution in [1.29, 1.82) is 0 Å². The second-order valence-electron chi connectivity index (χ2n) is 12.4. The number of nitrogens with two attached hydrogens (primary N) is 2. The number of anilines is 1. The fourth-order valence-electron chi connectivity index (χ4n) is 6.84. The topological polar surface area (TPSA) is 183 Å². The van der Waals surface area contributed by atoms with Gasteiger partial charge in [-0.25, -0.2) is 14.6 Å². The lowest BCUT2D eigenvalue weighted by Gasteiger charge is -2.37. The van der Waals surface area contributed by atoms with E-state index in [1.165, 1.54) is 6.33 Å². The number of aliphatic carboxylic acids is 1. The van der Waals surface area contributed by atoms with Crippen molar-refractivity contribution in [2.75, 3.05) is 33.5 Å². The molecule has 6 rings (SSSR count). The molecule has 2 unspecified atom stereocenters. The summed E-state index contributed by atoms with van der Waals surface area (Å²) in [6.07, 6.45) is 4.98. The normalized spacial score (nSPS) is 24.1. The zero-order valence-electron chi connectivity index (χ0n) is 26.1. The highest BCUT2D eigenvalue weighted by molar-refractivity contribution is 5.99. The van der Waals surface area contributed by atoms with E-state index >= 15 is 0 Å². The van der Waals surface area contributed by atoms with Crippen molar-refractivity contribution in [2.45, 2.75) is 62.0 Å². The average Bonchev–Trinajstić information content (AvgIpc) is 3.64. The van der Waals surface area contributed by atoms with Crippen molar-refractivity contribution in [3.8, 4) is 17.0 Å². The molecule has 0 spiro atoms. The summed E-state index contributed by atoms with van der Waals surface area (Å²) in [6, 6.07) is 15.8. The maximum atomic E-state index is 12.9. The van der Waals surface area contributed by atoms with Gasteiger partial charge >= 0.3 is 0 Å². The number of aromatic nitrogens is 4. The molecule has 2 saturated carbocycles. The van der Waals surface area contributed by atoms with Gasteiger partial charge < -0.3 is 31.3 Å². The minimum Gasteiger partial charge on any atom is -0.496 e. The van der Waals surface area contributed by atoms with Crippen molar-refractivity contribution in [3.05, 3.63) is 66.0 Å². The molecule has 2 atom stereocenters. The van der Waals surface area contributed by atoms with E-state index in [9.17, 15) is 9.90 Å². The van der Waals surface area contributed by atoms with Gasteiger partial charge in [0.15, 0.2) is 5.65 Å². The third-order valence-corrected chi connectivity index (χ3v) is 8.92. The number of primary amides is 1. The number of carbonyl (C=O) groups is 2. The number of fused-ring (bicyclic) bond motifs is 1. The Balaban J connectivity index is 0.000000945. The zero-order chi connectivity index (χ0) is 32.5. The molecule has 12 nitrogen and oxygen atoms in total. The van der Waals surface area contributed by atoms with Crippen LogP contribution in [-0.4, -0.2) is 80.1 Å². The molecule has 45 heavy (non-hydrogen) atoms. The lowest BCUT2D eigenvalue weighted by molar-refractivity contribution is -0.134. The quantitative estimate of drug-likeness (QED) is 0.229. The first-order valence-corrected chi connectivity index (χ1v) is 15.0. The van der Waals surface area contributed by atoms with Crippen LogP contribution in [-0.2, 0) is 15.0 Å². The highest BCUT2D eigenvalue weighted by Gasteiger charge is 2.61. The van der Waals surface area contributed by atoms with Crippen molar-refractivity contribution in [2.24, 2.45) is 5.73 Å². The standard InChI is InChI=1S/C31H37N7O3.C2H4O2/c1-37(2)17-30(40)13-11-21(12-14-30)38-28-25(27(32)34-18-35-28)26(36-38)20-9-10-22(24(15-20)41-3)31(29(33)39)16-23(31)19-7-5-4-6-8-19;1-2(3)4/h4-10,15,18,21,23,40H,11-14,16-17H2,1-3H3,(H2,33,39)(H2,32,34,35);1H3,(H,3,4). The van der Waals surface area contributed by atoms with Crippen LogP contribution in [0.2, 0.25) is 0 Å². The van der Waals surface area contributed by atoms with Gasteiger partial charge in [0.2, 0.25) is 5.91 Å². The molecule has 238 valence electrons. The smallest absolute Gasteiger partial charge is 0.300 e. The molecule has 2 aliphatic carbocycles. The van der Waals surface area contributed by atoms with Gasteiger partial charge in [-0.15, -0.1) is 0 Å². The molecule has 2 fully saturated rings. The first-order valence-electron chi connectivity index (χ1n) is 15.0. The predicted octanol–water partition coefficient (Wildman–Crippen LogP) is 3.49. The molecule has 6 N–H and O–H groups in total. The van der Waals surface area contributed by atoms with Crippen LogP contribution >= 0.6 is 0 Å². The van der Waals surface area contributed by atoms with E-state index in [0.29, 0.717) is 54.1 Å². The number of ether oxygens (including phenoxy) is 1. The third kappa shape index (κ3) is 6.20. The molecule has 2 heterocycles.